The molecule has 1 aromatic carbocycles. The van der Waals surface area contributed by atoms with E-state index in [4.69, 9.17) is 9.15 Å². The van der Waals surface area contributed by atoms with Crippen LogP contribution in [0.2, 0.25) is 0 Å². The lowest BCUT2D eigenvalue weighted by Crippen LogP contribution is -2.04. The van der Waals surface area contributed by atoms with Gasteiger partial charge in [0.05, 0.1) is 12.2 Å². The van der Waals surface area contributed by atoms with Gasteiger partial charge in [-0.1, -0.05) is 0 Å². The molecule has 0 saturated heterocycles. The zero-order valence-electron chi connectivity index (χ0n) is 11.7. The third kappa shape index (κ3) is 2.96. The van der Waals surface area contributed by atoms with Gasteiger partial charge in [0.2, 0.25) is 0 Å². The number of carbonyl (C=O) groups is 1. The van der Waals surface area contributed by atoms with Crippen molar-refractivity contribution in [1.82, 2.24) is 0 Å². The van der Waals surface area contributed by atoms with Crippen LogP contribution >= 0.6 is 0 Å². The molecular weight excluding hydrogens is 256 g/mol. The van der Waals surface area contributed by atoms with E-state index in [1.807, 2.05) is 26.0 Å². The van der Waals surface area contributed by atoms with E-state index in [2.05, 4.69) is 0 Å². The second kappa shape index (κ2) is 5.74. The van der Waals surface area contributed by atoms with Crippen LogP contribution in [0.15, 0.2) is 33.5 Å². The van der Waals surface area contributed by atoms with Gasteiger partial charge in [-0.05, 0) is 56.2 Å². The molecule has 1 heterocycles. The molecule has 0 radical (unpaired) electrons. The average molecular weight is 272 g/mol. The number of esters is 1. The van der Waals surface area contributed by atoms with E-state index in [0.29, 0.717) is 17.8 Å². The Bertz CT molecular complexity index is 738. The maximum atomic E-state index is 11.8. The Hall–Kier alpha value is -2.36. The van der Waals surface area contributed by atoms with E-state index in [0.717, 1.165) is 16.5 Å². The SMILES string of the molecule is CCOC(=O)/C=C/c1cc2cc(C)c(C)cc2oc1=O. The van der Waals surface area contributed by atoms with E-state index in [1.54, 1.807) is 13.0 Å². The fraction of sp³-hybridized carbons (Fsp3) is 0.250. The van der Waals surface area contributed by atoms with Crippen molar-refractivity contribution < 1.29 is 13.9 Å². The van der Waals surface area contributed by atoms with Gasteiger partial charge in [-0.15, -0.1) is 0 Å². The Kier molecular flexibility index (Phi) is 4.03. The van der Waals surface area contributed by atoms with Crippen molar-refractivity contribution in [3.63, 3.8) is 0 Å². The second-order valence-electron chi connectivity index (χ2n) is 4.55. The predicted octanol–water partition coefficient (Wildman–Crippen LogP) is 2.99. The van der Waals surface area contributed by atoms with Crippen LogP contribution in [0.25, 0.3) is 17.0 Å². The molecule has 0 fully saturated rings. The second-order valence-corrected chi connectivity index (χ2v) is 4.55. The highest BCUT2D eigenvalue weighted by Gasteiger charge is 2.05. The lowest BCUT2D eigenvalue weighted by molar-refractivity contribution is -0.137. The molecule has 4 nitrogen and oxygen atoms in total. The molecule has 0 aliphatic heterocycles. The van der Waals surface area contributed by atoms with Crippen molar-refractivity contribution >= 4 is 23.0 Å². The van der Waals surface area contributed by atoms with Crippen LogP contribution in [0.1, 0.15) is 23.6 Å². The molecule has 0 amide bonds. The van der Waals surface area contributed by atoms with Crippen LogP contribution < -0.4 is 5.63 Å². The topological polar surface area (TPSA) is 56.5 Å². The molecule has 0 atom stereocenters. The van der Waals surface area contributed by atoms with E-state index in [-0.39, 0.29) is 0 Å². The number of rotatable bonds is 3. The van der Waals surface area contributed by atoms with Crippen molar-refractivity contribution in [2.24, 2.45) is 0 Å². The first-order chi connectivity index (χ1) is 9.51. The minimum absolute atomic E-state index is 0.300. The van der Waals surface area contributed by atoms with Gasteiger partial charge in [0, 0.05) is 11.5 Å². The van der Waals surface area contributed by atoms with Gasteiger partial charge in [0.1, 0.15) is 5.58 Å². The monoisotopic (exact) mass is 272 g/mol. The average Bonchev–Trinajstić information content (AvgIpc) is 2.39. The Balaban J connectivity index is 2.45. The van der Waals surface area contributed by atoms with Gasteiger partial charge in [0.15, 0.2) is 0 Å². The number of carbonyl (C=O) groups excluding carboxylic acids is 1. The highest BCUT2D eigenvalue weighted by Crippen LogP contribution is 2.19. The molecule has 4 heteroatoms. The first kappa shape index (κ1) is 14.1. The normalized spacial score (nSPS) is 11.2. The molecule has 0 aliphatic rings. The van der Waals surface area contributed by atoms with Gasteiger partial charge in [-0.2, -0.15) is 0 Å². The quantitative estimate of drug-likeness (QED) is 0.489. The summed E-state index contributed by atoms with van der Waals surface area (Å²) in [6.07, 6.45) is 2.64. The standard InChI is InChI=1S/C16H16O4/c1-4-19-15(17)6-5-12-9-13-7-10(2)11(3)8-14(13)20-16(12)18/h5-9H,4H2,1-3H3/b6-5+. The lowest BCUT2D eigenvalue weighted by Gasteiger charge is -2.03. The Morgan fingerprint density at radius 1 is 1.25 bits per heavy atom. The minimum Gasteiger partial charge on any atom is -0.463 e. The van der Waals surface area contributed by atoms with Crippen LogP contribution in [0.5, 0.6) is 0 Å². The first-order valence-corrected chi connectivity index (χ1v) is 6.41. The minimum atomic E-state index is -0.480. The number of hydrogen-bond donors (Lipinski definition) is 0. The summed E-state index contributed by atoms with van der Waals surface area (Å²) in [6, 6.07) is 5.50. The van der Waals surface area contributed by atoms with Crippen molar-refractivity contribution in [2.45, 2.75) is 20.8 Å². The van der Waals surface area contributed by atoms with E-state index in [1.165, 1.54) is 12.2 Å². The van der Waals surface area contributed by atoms with Crippen LogP contribution in [0.4, 0.5) is 0 Å². The first-order valence-electron chi connectivity index (χ1n) is 6.41. The molecule has 0 aliphatic carbocycles. The smallest absolute Gasteiger partial charge is 0.343 e. The molecule has 0 bridgehead atoms. The molecule has 0 unspecified atom stereocenters. The van der Waals surface area contributed by atoms with E-state index < -0.39 is 11.6 Å². The summed E-state index contributed by atoms with van der Waals surface area (Å²) in [6.45, 7) is 5.98. The van der Waals surface area contributed by atoms with E-state index >= 15 is 0 Å². The molecule has 1 aromatic heterocycles. The van der Waals surface area contributed by atoms with Gasteiger partial charge >= 0.3 is 11.6 Å². The van der Waals surface area contributed by atoms with Crippen molar-refractivity contribution in [3.05, 3.63) is 51.4 Å². The number of benzene rings is 1. The molecule has 0 N–H and O–H groups in total. The number of aryl methyl sites for hydroxylation is 2. The van der Waals surface area contributed by atoms with Gasteiger partial charge in [-0.25, -0.2) is 9.59 Å². The van der Waals surface area contributed by atoms with Crippen LogP contribution in [-0.4, -0.2) is 12.6 Å². The molecular formula is C16H16O4. The van der Waals surface area contributed by atoms with Gasteiger partial charge in [-0.3, -0.25) is 0 Å². The molecule has 2 aromatic rings. The molecule has 20 heavy (non-hydrogen) atoms. The fourth-order valence-electron chi connectivity index (χ4n) is 1.86. The number of hydrogen-bond acceptors (Lipinski definition) is 4. The van der Waals surface area contributed by atoms with Gasteiger partial charge < -0.3 is 9.15 Å². The maximum Gasteiger partial charge on any atom is 0.343 e. The molecule has 2 rings (SSSR count). The molecule has 0 spiro atoms. The summed E-state index contributed by atoms with van der Waals surface area (Å²) in [5.41, 5.74) is 2.59. The number of ether oxygens (including phenoxy) is 1. The van der Waals surface area contributed by atoms with Crippen molar-refractivity contribution in [1.29, 1.82) is 0 Å². The third-order valence-electron chi connectivity index (χ3n) is 3.06. The predicted molar refractivity (Wildman–Crippen MR) is 77.6 cm³/mol. The van der Waals surface area contributed by atoms with Crippen molar-refractivity contribution in [3.8, 4) is 0 Å². The summed E-state index contributed by atoms with van der Waals surface area (Å²) in [5, 5.41) is 0.830. The molecule has 0 saturated carbocycles. The molecule has 104 valence electrons. The summed E-state index contributed by atoms with van der Waals surface area (Å²) in [4.78, 5) is 23.1. The highest BCUT2D eigenvalue weighted by molar-refractivity contribution is 5.88. The van der Waals surface area contributed by atoms with E-state index in [9.17, 15) is 9.59 Å². The number of fused-ring (bicyclic) bond motifs is 1. The van der Waals surface area contributed by atoms with Crippen LogP contribution in [-0.2, 0) is 9.53 Å². The zero-order valence-corrected chi connectivity index (χ0v) is 11.7. The Morgan fingerprint density at radius 2 is 1.95 bits per heavy atom. The van der Waals surface area contributed by atoms with Crippen LogP contribution in [0.3, 0.4) is 0 Å². The maximum absolute atomic E-state index is 11.8. The Morgan fingerprint density at radius 3 is 2.65 bits per heavy atom. The summed E-state index contributed by atoms with van der Waals surface area (Å²) < 4.78 is 10.0. The summed E-state index contributed by atoms with van der Waals surface area (Å²) in [5.74, 6) is -0.480. The highest BCUT2D eigenvalue weighted by atomic mass is 16.5. The van der Waals surface area contributed by atoms with Gasteiger partial charge in [0.25, 0.3) is 0 Å². The summed E-state index contributed by atoms with van der Waals surface area (Å²) in [7, 11) is 0. The van der Waals surface area contributed by atoms with Crippen molar-refractivity contribution in [2.75, 3.05) is 6.61 Å². The largest absolute Gasteiger partial charge is 0.463 e. The third-order valence-corrected chi connectivity index (χ3v) is 3.06. The lowest BCUT2D eigenvalue weighted by atomic mass is 10.1. The zero-order chi connectivity index (χ0) is 14.7. The van der Waals surface area contributed by atoms with Crippen LogP contribution in [0, 0.1) is 13.8 Å². The summed E-state index contributed by atoms with van der Waals surface area (Å²) >= 11 is 0. The fourth-order valence-corrected chi connectivity index (χ4v) is 1.86. The Labute approximate surface area is 116 Å².